The maximum absolute atomic E-state index is 12.2. The van der Waals surface area contributed by atoms with Crippen molar-refractivity contribution in [2.75, 3.05) is 53.6 Å². The van der Waals surface area contributed by atoms with Crippen LogP contribution in [0.2, 0.25) is 0 Å². The number of amides is 1. The molecule has 0 atom stereocenters. The van der Waals surface area contributed by atoms with Gasteiger partial charge in [0.1, 0.15) is 0 Å². The number of aromatic nitrogens is 2. The summed E-state index contributed by atoms with van der Waals surface area (Å²) in [5, 5.41) is 6.68. The quantitative estimate of drug-likeness (QED) is 0.687. The monoisotopic (exact) mass is 376 g/mol. The molecule has 1 saturated heterocycles. The normalized spacial score (nSPS) is 14.7. The number of nitrogens with one attached hydrogen (secondary N) is 1. The summed E-state index contributed by atoms with van der Waals surface area (Å²) in [6, 6.07) is 5.25. The zero-order chi connectivity index (χ0) is 19.1. The van der Waals surface area contributed by atoms with Gasteiger partial charge in [-0.15, -0.1) is 0 Å². The fourth-order valence-corrected chi connectivity index (χ4v) is 2.81. The summed E-state index contributed by atoms with van der Waals surface area (Å²) in [6.45, 7) is 4.88. The van der Waals surface area contributed by atoms with E-state index in [1.807, 2.05) is 0 Å². The number of carbonyl (C=O) groups excluding carboxylic acids is 1. The van der Waals surface area contributed by atoms with Gasteiger partial charge in [0.15, 0.2) is 11.5 Å². The molecule has 1 amide bonds. The van der Waals surface area contributed by atoms with Crippen molar-refractivity contribution in [3.63, 3.8) is 0 Å². The van der Waals surface area contributed by atoms with Gasteiger partial charge in [-0.2, -0.15) is 4.98 Å². The molecule has 0 aliphatic carbocycles. The Bertz CT molecular complexity index is 758. The largest absolute Gasteiger partial charge is 0.493 e. The fourth-order valence-electron chi connectivity index (χ4n) is 2.81. The van der Waals surface area contributed by atoms with Gasteiger partial charge in [-0.3, -0.25) is 9.69 Å². The van der Waals surface area contributed by atoms with Crippen molar-refractivity contribution in [3.8, 4) is 22.9 Å². The average Bonchev–Trinajstić information content (AvgIpc) is 3.21. The maximum atomic E-state index is 12.2. The third kappa shape index (κ3) is 4.95. The van der Waals surface area contributed by atoms with Gasteiger partial charge in [0.2, 0.25) is 5.82 Å². The molecule has 0 bridgehead atoms. The molecular weight excluding hydrogens is 352 g/mol. The predicted molar refractivity (Wildman–Crippen MR) is 97.0 cm³/mol. The first-order chi connectivity index (χ1) is 13.2. The van der Waals surface area contributed by atoms with Crippen molar-refractivity contribution in [2.24, 2.45) is 0 Å². The van der Waals surface area contributed by atoms with Crippen LogP contribution in [0.3, 0.4) is 0 Å². The highest BCUT2D eigenvalue weighted by molar-refractivity contribution is 5.89. The SMILES string of the molecule is COc1ccc(-c2noc(C(=O)NCCCN3CCOCC3)n2)cc1OC. The van der Waals surface area contributed by atoms with Crippen molar-refractivity contribution >= 4 is 5.91 Å². The lowest BCUT2D eigenvalue weighted by atomic mass is 10.2. The van der Waals surface area contributed by atoms with Crippen molar-refractivity contribution in [2.45, 2.75) is 6.42 Å². The highest BCUT2D eigenvalue weighted by Crippen LogP contribution is 2.31. The molecule has 2 aromatic rings. The highest BCUT2D eigenvalue weighted by atomic mass is 16.5. The Kier molecular flexibility index (Phi) is 6.61. The molecule has 1 aromatic carbocycles. The van der Waals surface area contributed by atoms with Gasteiger partial charge in [-0.1, -0.05) is 5.16 Å². The van der Waals surface area contributed by atoms with E-state index in [0.29, 0.717) is 29.4 Å². The van der Waals surface area contributed by atoms with Crippen LogP contribution in [-0.2, 0) is 4.74 Å². The van der Waals surface area contributed by atoms with Gasteiger partial charge < -0.3 is 24.1 Å². The maximum Gasteiger partial charge on any atom is 0.316 e. The van der Waals surface area contributed by atoms with Gasteiger partial charge in [-0.25, -0.2) is 0 Å². The number of benzene rings is 1. The second-order valence-corrected chi connectivity index (χ2v) is 6.06. The summed E-state index contributed by atoms with van der Waals surface area (Å²) in [4.78, 5) is 18.7. The smallest absolute Gasteiger partial charge is 0.316 e. The Morgan fingerprint density at radius 2 is 2.00 bits per heavy atom. The van der Waals surface area contributed by atoms with E-state index in [0.717, 1.165) is 39.3 Å². The van der Waals surface area contributed by atoms with Crippen LogP contribution >= 0.6 is 0 Å². The Hall–Kier alpha value is -2.65. The Balaban J connectivity index is 1.53. The molecule has 0 radical (unpaired) electrons. The average molecular weight is 376 g/mol. The van der Waals surface area contributed by atoms with Gasteiger partial charge in [0.05, 0.1) is 27.4 Å². The molecule has 27 heavy (non-hydrogen) atoms. The van der Waals surface area contributed by atoms with Crippen molar-refractivity contribution in [1.29, 1.82) is 0 Å². The number of rotatable bonds is 8. The molecule has 1 fully saturated rings. The molecule has 2 heterocycles. The third-order valence-electron chi connectivity index (χ3n) is 4.30. The first kappa shape index (κ1) is 19.1. The molecule has 1 aliphatic rings. The van der Waals surface area contributed by atoms with E-state index in [4.69, 9.17) is 18.7 Å². The van der Waals surface area contributed by atoms with E-state index in [1.165, 1.54) is 0 Å². The summed E-state index contributed by atoms with van der Waals surface area (Å²) in [5.74, 6) is 1.02. The molecule has 0 spiro atoms. The van der Waals surface area contributed by atoms with Gasteiger partial charge in [0.25, 0.3) is 0 Å². The van der Waals surface area contributed by atoms with Crippen molar-refractivity contribution in [3.05, 3.63) is 24.1 Å². The number of methoxy groups -OCH3 is 2. The number of carbonyl (C=O) groups is 1. The number of nitrogens with zero attached hydrogens (tertiary/aromatic N) is 3. The summed E-state index contributed by atoms with van der Waals surface area (Å²) in [7, 11) is 3.11. The summed E-state index contributed by atoms with van der Waals surface area (Å²) < 4.78 is 20.9. The molecule has 0 unspecified atom stereocenters. The van der Waals surface area contributed by atoms with Crippen molar-refractivity contribution in [1.82, 2.24) is 20.4 Å². The standard InChI is InChI=1S/C18H24N4O5/c1-24-14-5-4-13(12-15(14)25-2)16-20-18(27-21-16)17(23)19-6-3-7-22-8-10-26-11-9-22/h4-5,12H,3,6-11H2,1-2H3,(H,19,23). The highest BCUT2D eigenvalue weighted by Gasteiger charge is 2.17. The van der Waals surface area contributed by atoms with Gasteiger partial charge in [0, 0.05) is 25.2 Å². The molecule has 9 heteroatoms. The minimum Gasteiger partial charge on any atom is -0.493 e. The number of hydrogen-bond acceptors (Lipinski definition) is 8. The molecule has 9 nitrogen and oxygen atoms in total. The first-order valence-electron chi connectivity index (χ1n) is 8.85. The first-order valence-corrected chi connectivity index (χ1v) is 8.85. The Morgan fingerprint density at radius 1 is 1.22 bits per heavy atom. The van der Waals surface area contributed by atoms with E-state index in [2.05, 4.69) is 20.4 Å². The summed E-state index contributed by atoms with van der Waals surface area (Å²) >= 11 is 0. The van der Waals surface area contributed by atoms with Crippen LogP contribution in [0.15, 0.2) is 22.7 Å². The minimum absolute atomic E-state index is 0.0637. The molecule has 0 saturated carbocycles. The van der Waals surface area contributed by atoms with Crippen LogP contribution in [0.25, 0.3) is 11.4 Å². The molecule has 1 aromatic heterocycles. The minimum atomic E-state index is -0.379. The Morgan fingerprint density at radius 3 is 2.74 bits per heavy atom. The molecule has 146 valence electrons. The van der Waals surface area contributed by atoms with E-state index < -0.39 is 0 Å². The lowest BCUT2D eigenvalue weighted by Crippen LogP contribution is -2.38. The predicted octanol–water partition coefficient (Wildman–Crippen LogP) is 1.21. The lowest BCUT2D eigenvalue weighted by Gasteiger charge is -2.26. The second kappa shape index (κ2) is 9.33. The van der Waals surface area contributed by atoms with Gasteiger partial charge >= 0.3 is 11.8 Å². The zero-order valence-electron chi connectivity index (χ0n) is 15.6. The lowest BCUT2D eigenvalue weighted by molar-refractivity contribution is 0.0374. The van der Waals surface area contributed by atoms with Gasteiger partial charge in [-0.05, 0) is 31.2 Å². The van der Waals surface area contributed by atoms with Crippen LogP contribution in [0.5, 0.6) is 11.5 Å². The third-order valence-corrected chi connectivity index (χ3v) is 4.30. The number of ether oxygens (including phenoxy) is 3. The molecule has 1 aliphatic heterocycles. The van der Waals surface area contributed by atoms with Crippen molar-refractivity contribution < 1.29 is 23.5 Å². The van der Waals surface area contributed by atoms with E-state index in [-0.39, 0.29) is 11.8 Å². The van der Waals surface area contributed by atoms with Crippen LogP contribution in [0, 0.1) is 0 Å². The van der Waals surface area contributed by atoms with Crippen LogP contribution < -0.4 is 14.8 Å². The van der Waals surface area contributed by atoms with E-state index >= 15 is 0 Å². The fraction of sp³-hybridized carbons (Fsp3) is 0.500. The van der Waals surface area contributed by atoms with Crippen LogP contribution in [0.1, 0.15) is 17.1 Å². The molecule has 3 rings (SSSR count). The Labute approximate surface area is 157 Å². The topological polar surface area (TPSA) is 99.0 Å². The van der Waals surface area contributed by atoms with E-state index in [9.17, 15) is 4.79 Å². The number of morpholine rings is 1. The zero-order valence-corrected chi connectivity index (χ0v) is 15.6. The summed E-state index contributed by atoms with van der Waals surface area (Å²) in [6.07, 6.45) is 0.850. The van der Waals surface area contributed by atoms with E-state index in [1.54, 1.807) is 32.4 Å². The second-order valence-electron chi connectivity index (χ2n) is 6.06. The molecular formula is C18H24N4O5. The van der Waals surface area contributed by atoms with Crippen LogP contribution in [-0.4, -0.2) is 74.6 Å². The number of hydrogen-bond donors (Lipinski definition) is 1. The molecule has 1 N–H and O–H groups in total. The van der Waals surface area contributed by atoms with Crippen LogP contribution in [0.4, 0.5) is 0 Å². The summed E-state index contributed by atoms with van der Waals surface area (Å²) in [5.41, 5.74) is 0.669.